The molecule has 0 aliphatic rings. The highest BCUT2D eigenvalue weighted by atomic mass is 127. The summed E-state index contributed by atoms with van der Waals surface area (Å²) in [5.41, 5.74) is 1.03. The van der Waals surface area contributed by atoms with Crippen molar-refractivity contribution in [3.8, 4) is 17.2 Å². The molecule has 0 amide bonds. The molecule has 36 heavy (non-hydrogen) atoms. The van der Waals surface area contributed by atoms with Gasteiger partial charge in [-0.1, -0.05) is 0 Å². The van der Waals surface area contributed by atoms with Crippen LogP contribution in [-0.4, -0.2) is 17.9 Å². The largest absolute Gasteiger partial charge is 0.423 e. The topological polar surface area (TPSA) is 78.9 Å². The lowest BCUT2D eigenvalue weighted by Crippen LogP contribution is -2.12. The summed E-state index contributed by atoms with van der Waals surface area (Å²) in [6.07, 6.45) is 0. The van der Waals surface area contributed by atoms with E-state index in [4.69, 9.17) is 14.2 Å². The van der Waals surface area contributed by atoms with Crippen LogP contribution in [0.2, 0.25) is 0 Å². The van der Waals surface area contributed by atoms with Crippen molar-refractivity contribution in [2.45, 2.75) is 0 Å². The first-order valence-corrected chi connectivity index (χ1v) is 13.6. The molecule has 9 heteroatoms. The first kappa shape index (κ1) is 26.5. The quantitative estimate of drug-likeness (QED) is 0.117. The molecule has 0 atom stereocenters. The molecule has 4 rings (SSSR count). The van der Waals surface area contributed by atoms with E-state index in [1.807, 2.05) is 0 Å². The molecule has 0 aliphatic carbocycles. The van der Waals surface area contributed by atoms with Gasteiger partial charge in [0.05, 0.1) is 16.7 Å². The number of carbonyl (C=O) groups is 3. The lowest BCUT2D eigenvalue weighted by atomic mass is 10.2. The molecule has 4 aromatic carbocycles. The minimum atomic E-state index is -0.609. The van der Waals surface area contributed by atoms with Crippen molar-refractivity contribution in [3.05, 3.63) is 118 Å². The molecule has 0 aliphatic heterocycles. The predicted octanol–water partition coefficient (Wildman–Crippen LogP) is 7.16. The number of hydrogen-bond acceptors (Lipinski definition) is 6. The maximum absolute atomic E-state index is 12.7. The van der Waals surface area contributed by atoms with Crippen molar-refractivity contribution in [1.29, 1.82) is 0 Å². The zero-order valence-corrected chi connectivity index (χ0v) is 24.7. The summed E-state index contributed by atoms with van der Waals surface area (Å²) < 4.78 is 19.4. The molecule has 4 aromatic rings. The van der Waals surface area contributed by atoms with Crippen molar-refractivity contribution >= 4 is 85.7 Å². The zero-order chi connectivity index (χ0) is 25.7. The fourth-order valence-electron chi connectivity index (χ4n) is 2.98. The molecule has 0 unspecified atom stereocenters. The van der Waals surface area contributed by atoms with Gasteiger partial charge < -0.3 is 14.2 Å². The van der Waals surface area contributed by atoms with Crippen LogP contribution in [-0.2, 0) is 0 Å². The van der Waals surface area contributed by atoms with Crippen LogP contribution in [0.3, 0.4) is 0 Å². The summed E-state index contributed by atoms with van der Waals surface area (Å²) in [5.74, 6) is -1.67. The average molecular weight is 816 g/mol. The number of rotatable bonds is 6. The number of halogens is 3. The second-order valence-electron chi connectivity index (χ2n) is 7.33. The molecule has 180 valence electrons. The van der Waals surface area contributed by atoms with Crippen LogP contribution in [0.5, 0.6) is 17.2 Å². The van der Waals surface area contributed by atoms with Crippen LogP contribution in [0.1, 0.15) is 31.1 Å². The van der Waals surface area contributed by atoms with Gasteiger partial charge in [0.2, 0.25) is 0 Å². The van der Waals surface area contributed by atoms with Crippen LogP contribution >= 0.6 is 67.8 Å². The highest BCUT2D eigenvalue weighted by molar-refractivity contribution is 14.1. The van der Waals surface area contributed by atoms with E-state index in [2.05, 4.69) is 67.8 Å². The van der Waals surface area contributed by atoms with Gasteiger partial charge in [-0.2, -0.15) is 0 Å². The molecule has 0 radical (unpaired) electrons. The molecule has 0 aromatic heterocycles. The van der Waals surface area contributed by atoms with Gasteiger partial charge in [0.25, 0.3) is 0 Å². The first-order chi connectivity index (χ1) is 17.3. The summed E-state index contributed by atoms with van der Waals surface area (Å²) in [7, 11) is 0. The van der Waals surface area contributed by atoms with Gasteiger partial charge in [-0.3, -0.25) is 0 Å². The van der Waals surface area contributed by atoms with Gasteiger partial charge >= 0.3 is 17.9 Å². The van der Waals surface area contributed by atoms with Crippen molar-refractivity contribution < 1.29 is 28.6 Å². The van der Waals surface area contributed by atoms with Gasteiger partial charge in [0.15, 0.2) is 0 Å². The van der Waals surface area contributed by atoms with E-state index in [9.17, 15) is 14.4 Å². The highest BCUT2D eigenvalue weighted by Crippen LogP contribution is 2.30. The van der Waals surface area contributed by atoms with Gasteiger partial charge in [-0.15, -0.1) is 0 Å². The maximum atomic E-state index is 12.7. The number of esters is 3. The normalized spacial score (nSPS) is 10.4. The van der Waals surface area contributed by atoms with Crippen LogP contribution in [0.25, 0.3) is 0 Å². The van der Waals surface area contributed by atoms with E-state index < -0.39 is 17.9 Å². The van der Waals surface area contributed by atoms with Crippen molar-refractivity contribution in [2.75, 3.05) is 0 Å². The van der Waals surface area contributed by atoms with Crippen LogP contribution < -0.4 is 14.2 Å². The first-order valence-electron chi connectivity index (χ1n) is 10.4. The molecule has 6 nitrogen and oxygen atoms in total. The molecular formula is C27H15I3O6. The van der Waals surface area contributed by atoms with Gasteiger partial charge in [-0.25, -0.2) is 14.4 Å². The van der Waals surface area contributed by atoms with E-state index in [0.717, 1.165) is 10.7 Å². The number of hydrogen-bond donors (Lipinski definition) is 0. The van der Waals surface area contributed by atoms with E-state index >= 15 is 0 Å². The predicted molar refractivity (Wildman–Crippen MR) is 159 cm³/mol. The van der Waals surface area contributed by atoms with E-state index in [1.165, 1.54) is 18.2 Å². The Labute approximate surface area is 247 Å². The molecule has 0 fully saturated rings. The van der Waals surface area contributed by atoms with Crippen molar-refractivity contribution in [1.82, 2.24) is 0 Å². The average Bonchev–Trinajstić information content (AvgIpc) is 2.85. The Morgan fingerprint density at radius 3 is 0.861 bits per heavy atom. The second-order valence-corrected chi connectivity index (χ2v) is 11.1. The molecule has 0 saturated heterocycles. The van der Waals surface area contributed by atoms with Crippen LogP contribution in [0.4, 0.5) is 0 Å². The molecule has 0 bridgehead atoms. The molecule has 0 heterocycles. The SMILES string of the molecule is O=C(Oc1cc(OC(=O)c2ccc(I)cc2)cc(OC(=O)c2ccc(I)cc2)c1)c1ccc(I)cc1. The van der Waals surface area contributed by atoms with Crippen molar-refractivity contribution in [3.63, 3.8) is 0 Å². The van der Waals surface area contributed by atoms with Gasteiger partial charge in [-0.05, 0) is 141 Å². The molecule has 0 spiro atoms. The Morgan fingerprint density at radius 1 is 0.417 bits per heavy atom. The Hall–Kier alpha value is -2.52. The standard InChI is InChI=1S/C27H15I3O6/c28-19-7-1-16(2-8-19)25(31)34-22-13-23(35-26(32)17-3-9-20(29)10-4-17)15-24(14-22)36-27(33)18-5-11-21(30)12-6-18/h1-15H. The van der Waals surface area contributed by atoms with Gasteiger partial charge in [0.1, 0.15) is 17.2 Å². The monoisotopic (exact) mass is 816 g/mol. The summed E-state index contributed by atoms with van der Waals surface area (Å²) in [5, 5.41) is 0. The van der Waals surface area contributed by atoms with E-state index in [1.54, 1.807) is 72.8 Å². The Balaban J connectivity index is 1.61. The number of carbonyl (C=O) groups excluding carboxylic acids is 3. The van der Waals surface area contributed by atoms with Gasteiger partial charge in [0, 0.05) is 28.9 Å². The third-order valence-electron chi connectivity index (χ3n) is 4.72. The number of benzene rings is 4. The minimum absolute atomic E-state index is 0.0527. The Morgan fingerprint density at radius 2 is 0.639 bits per heavy atom. The summed E-state index contributed by atoms with van der Waals surface area (Å²) in [6, 6.07) is 24.7. The summed E-state index contributed by atoms with van der Waals surface area (Å²) >= 11 is 6.41. The molecular weight excluding hydrogens is 801 g/mol. The lowest BCUT2D eigenvalue weighted by Gasteiger charge is -2.11. The summed E-state index contributed by atoms with van der Waals surface area (Å²) in [6.45, 7) is 0. The minimum Gasteiger partial charge on any atom is -0.423 e. The van der Waals surface area contributed by atoms with Crippen LogP contribution in [0.15, 0.2) is 91.0 Å². The Bertz CT molecular complexity index is 1230. The molecule has 0 saturated carbocycles. The summed E-state index contributed by atoms with van der Waals surface area (Å²) in [4.78, 5) is 38.0. The fraction of sp³-hybridized carbons (Fsp3) is 0. The Kier molecular flexibility index (Phi) is 8.95. The van der Waals surface area contributed by atoms with Crippen molar-refractivity contribution in [2.24, 2.45) is 0 Å². The molecule has 0 N–H and O–H groups in total. The van der Waals surface area contributed by atoms with E-state index in [0.29, 0.717) is 16.7 Å². The third-order valence-corrected chi connectivity index (χ3v) is 6.88. The highest BCUT2D eigenvalue weighted by Gasteiger charge is 2.16. The fourth-order valence-corrected chi connectivity index (χ4v) is 4.06. The van der Waals surface area contributed by atoms with E-state index in [-0.39, 0.29) is 17.2 Å². The third kappa shape index (κ3) is 7.26. The lowest BCUT2D eigenvalue weighted by molar-refractivity contribution is 0.0730. The second kappa shape index (κ2) is 12.1. The van der Waals surface area contributed by atoms with Crippen LogP contribution in [0, 0.1) is 10.7 Å². The number of ether oxygens (including phenoxy) is 3. The zero-order valence-electron chi connectivity index (χ0n) is 18.2. The smallest absolute Gasteiger partial charge is 0.343 e. The maximum Gasteiger partial charge on any atom is 0.343 e.